The van der Waals surface area contributed by atoms with E-state index in [9.17, 15) is 10.1 Å². The van der Waals surface area contributed by atoms with Crippen LogP contribution in [0, 0.1) is 11.3 Å². The fourth-order valence-electron chi connectivity index (χ4n) is 4.96. The van der Waals surface area contributed by atoms with Crippen molar-refractivity contribution >= 4 is 27.6 Å². The lowest BCUT2D eigenvalue weighted by atomic mass is 10.0. The molecule has 6 rings (SSSR count). The van der Waals surface area contributed by atoms with Gasteiger partial charge < -0.3 is 10.1 Å². The van der Waals surface area contributed by atoms with Crippen LogP contribution in [0.15, 0.2) is 90.2 Å². The summed E-state index contributed by atoms with van der Waals surface area (Å²) in [6.07, 6.45) is 5.38. The van der Waals surface area contributed by atoms with E-state index in [0.29, 0.717) is 68.9 Å². The van der Waals surface area contributed by atoms with Gasteiger partial charge in [0.05, 0.1) is 46.4 Å². The Labute approximate surface area is 241 Å². The van der Waals surface area contributed by atoms with Crippen LogP contribution in [-0.2, 0) is 0 Å². The first kappa shape index (κ1) is 26.5. The third-order valence-corrected chi connectivity index (χ3v) is 6.95. The SMILES string of the molecule is CCOc1ncc(-c2cccc3nc(C(CC)Nc4ncnc5ccc(C#N)cc45)n(-c4ccccc4)c(=O)c23)cn1. The van der Waals surface area contributed by atoms with Crippen molar-refractivity contribution < 1.29 is 4.74 Å². The molecular formula is C32H26N8O2. The first-order valence-corrected chi connectivity index (χ1v) is 13.6. The number of ether oxygens (including phenoxy) is 1. The number of fused-ring (bicyclic) bond motifs is 2. The molecule has 0 aliphatic carbocycles. The van der Waals surface area contributed by atoms with Crippen LogP contribution in [0.25, 0.3) is 38.6 Å². The summed E-state index contributed by atoms with van der Waals surface area (Å²) in [6, 6.07) is 22.3. The molecule has 3 heterocycles. The van der Waals surface area contributed by atoms with Gasteiger partial charge in [-0.25, -0.2) is 24.9 Å². The van der Waals surface area contributed by atoms with Crippen molar-refractivity contribution in [1.82, 2.24) is 29.5 Å². The van der Waals surface area contributed by atoms with Crippen LogP contribution >= 0.6 is 0 Å². The van der Waals surface area contributed by atoms with E-state index in [4.69, 9.17) is 9.72 Å². The third-order valence-electron chi connectivity index (χ3n) is 6.95. The molecule has 0 aliphatic heterocycles. The smallest absolute Gasteiger partial charge is 0.316 e. The maximum Gasteiger partial charge on any atom is 0.316 e. The van der Waals surface area contributed by atoms with Crippen LogP contribution in [-0.4, -0.2) is 36.1 Å². The van der Waals surface area contributed by atoms with E-state index < -0.39 is 6.04 Å². The van der Waals surface area contributed by atoms with E-state index in [1.165, 1.54) is 6.33 Å². The van der Waals surface area contributed by atoms with E-state index in [-0.39, 0.29) is 11.6 Å². The van der Waals surface area contributed by atoms with Crippen LogP contribution in [0.2, 0.25) is 0 Å². The van der Waals surface area contributed by atoms with Gasteiger partial charge in [0.1, 0.15) is 18.0 Å². The van der Waals surface area contributed by atoms with Gasteiger partial charge in [-0.05, 0) is 55.3 Å². The zero-order valence-corrected chi connectivity index (χ0v) is 23.0. The number of aromatic nitrogens is 6. The summed E-state index contributed by atoms with van der Waals surface area (Å²) in [5, 5.41) is 14.1. The van der Waals surface area contributed by atoms with E-state index in [1.54, 1.807) is 35.2 Å². The Bertz CT molecular complexity index is 2000. The summed E-state index contributed by atoms with van der Waals surface area (Å²) < 4.78 is 7.04. The normalized spacial score (nSPS) is 11.7. The average molecular weight is 555 g/mol. The standard InChI is InChI=1S/C32H26N8O2/c1-3-25(38-29-24-15-20(16-33)13-14-26(24)36-19-37-29)30-39-27-12-8-11-23(21-17-34-32(35-18-21)42-4-2)28(27)31(41)40(30)22-9-6-5-7-10-22/h5-15,17-19,25H,3-4H2,1-2H3,(H,36,37,38). The van der Waals surface area contributed by atoms with Crippen LogP contribution in [0.4, 0.5) is 5.82 Å². The van der Waals surface area contributed by atoms with Crippen molar-refractivity contribution in [2.75, 3.05) is 11.9 Å². The maximum absolute atomic E-state index is 14.5. The Morgan fingerprint density at radius 2 is 1.76 bits per heavy atom. The summed E-state index contributed by atoms with van der Waals surface area (Å²) in [5.74, 6) is 1.09. The summed E-state index contributed by atoms with van der Waals surface area (Å²) in [6.45, 7) is 4.34. The summed E-state index contributed by atoms with van der Waals surface area (Å²) in [7, 11) is 0. The van der Waals surface area contributed by atoms with Crippen molar-refractivity contribution in [3.05, 3.63) is 107 Å². The molecule has 0 bridgehead atoms. The van der Waals surface area contributed by atoms with E-state index in [2.05, 4.69) is 31.3 Å². The van der Waals surface area contributed by atoms with E-state index >= 15 is 0 Å². The number of anilines is 1. The molecule has 0 aliphatic rings. The number of hydrogen-bond acceptors (Lipinski definition) is 9. The van der Waals surface area contributed by atoms with Crippen molar-refractivity contribution in [3.63, 3.8) is 0 Å². The lowest BCUT2D eigenvalue weighted by Gasteiger charge is -2.23. The second-order valence-electron chi connectivity index (χ2n) is 9.50. The largest absolute Gasteiger partial charge is 0.464 e. The molecule has 0 amide bonds. The quantitative estimate of drug-likeness (QED) is 0.255. The molecule has 206 valence electrons. The van der Waals surface area contributed by atoms with Gasteiger partial charge in [-0.3, -0.25) is 9.36 Å². The Balaban J connectivity index is 1.55. The van der Waals surface area contributed by atoms with E-state index in [1.807, 2.05) is 62.4 Å². The Morgan fingerprint density at radius 1 is 0.952 bits per heavy atom. The summed E-state index contributed by atoms with van der Waals surface area (Å²) in [5.41, 5.74) is 3.58. The second kappa shape index (κ2) is 11.4. The number of hydrogen-bond donors (Lipinski definition) is 1. The number of rotatable bonds is 8. The minimum Gasteiger partial charge on any atom is -0.464 e. The first-order chi connectivity index (χ1) is 20.6. The van der Waals surface area contributed by atoms with Crippen molar-refractivity contribution in [2.45, 2.75) is 26.3 Å². The highest BCUT2D eigenvalue weighted by Gasteiger charge is 2.23. The molecule has 6 aromatic rings. The number of benzene rings is 3. The zero-order valence-electron chi connectivity index (χ0n) is 23.0. The predicted molar refractivity (Wildman–Crippen MR) is 160 cm³/mol. The summed E-state index contributed by atoms with van der Waals surface area (Å²) in [4.78, 5) is 37.0. The molecular weight excluding hydrogens is 528 g/mol. The van der Waals surface area contributed by atoms with Crippen LogP contribution in [0.5, 0.6) is 6.01 Å². The topological polar surface area (TPSA) is 132 Å². The predicted octanol–water partition coefficient (Wildman–Crippen LogP) is 5.62. The number of para-hydroxylation sites is 1. The van der Waals surface area contributed by atoms with Gasteiger partial charge >= 0.3 is 6.01 Å². The molecule has 10 nitrogen and oxygen atoms in total. The second-order valence-corrected chi connectivity index (χ2v) is 9.50. The molecule has 1 atom stereocenters. The molecule has 0 radical (unpaired) electrons. The van der Waals surface area contributed by atoms with Gasteiger partial charge in [0.2, 0.25) is 0 Å². The highest BCUT2D eigenvalue weighted by atomic mass is 16.5. The Morgan fingerprint density at radius 3 is 2.50 bits per heavy atom. The van der Waals surface area contributed by atoms with E-state index in [0.717, 1.165) is 0 Å². The first-order valence-electron chi connectivity index (χ1n) is 13.6. The molecule has 1 N–H and O–H groups in total. The molecule has 3 aromatic heterocycles. The van der Waals surface area contributed by atoms with Crippen LogP contribution in [0.3, 0.4) is 0 Å². The minimum absolute atomic E-state index is 0.217. The van der Waals surface area contributed by atoms with Crippen molar-refractivity contribution in [1.29, 1.82) is 5.26 Å². The van der Waals surface area contributed by atoms with Gasteiger partial charge in [-0.15, -0.1) is 0 Å². The molecule has 42 heavy (non-hydrogen) atoms. The molecule has 3 aromatic carbocycles. The lowest BCUT2D eigenvalue weighted by molar-refractivity contribution is 0.312. The van der Waals surface area contributed by atoms with Crippen molar-refractivity contribution in [2.24, 2.45) is 0 Å². The van der Waals surface area contributed by atoms with Gasteiger partial charge in [0.15, 0.2) is 0 Å². The number of nitriles is 1. The zero-order chi connectivity index (χ0) is 29.1. The molecule has 1 unspecified atom stereocenters. The molecule has 0 saturated heterocycles. The van der Waals surface area contributed by atoms with Gasteiger partial charge in [-0.1, -0.05) is 37.3 Å². The fourth-order valence-corrected chi connectivity index (χ4v) is 4.96. The highest BCUT2D eigenvalue weighted by Crippen LogP contribution is 2.30. The number of nitrogens with zero attached hydrogens (tertiary/aromatic N) is 7. The minimum atomic E-state index is -0.399. The number of nitrogens with one attached hydrogen (secondary N) is 1. The molecule has 0 fully saturated rings. The Hall–Kier alpha value is -5.69. The fraction of sp³-hybridized carbons (Fsp3) is 0.156. The van der Waals surface area contributed by atoms with Crippen LogP contribution in [0.1, 0.15) is 37.7 Å². The highest BCUT2D eigenvalue weighted by molar-refractivity contribution is 5.94. The lowest BCUT2D eigenvalue weighted by Crippen LogP contribution is -2.28. The van der Waals surface area contributed by atoms with Gasteiger partial charge in [0.25, 0.3) is 5.56 Å². The van der Waals surface area contributed by atoms with Crippen molar-refractivity contribution in [3.8, 4) is 28.9 Å². The van der Waals surface area contributed by atoms with Gasteiger partial charge in [0, 0.05) is 23.3 Å². The average Bonchev–Trinajstić information content (AvgIpc) is 3.04. The molecule has 0 spiro atoms. The summed E-state index contributed by atoms with van der Waals surface area (Å²) >= 11 is 0. The maximum atomic E-state index is 14.5. The molecule has 0 saturated carbocycles. The van der Waals surface area contributed by atoms with Gasteiger partial charge in [-0.2, -0.15) is 5.26 Å². The third kappa shape index (κ3) is 4.88. The molecule has 10 heteroatoms. The Kier molecular flexibility index (Phi) is 7.22. The monoisotopic (exact) mass is 554 g/mol. The van der Waals surface area contributed by atoms with Crippen LogP contribution < -0.4 is 15.6 Å².